The molecule has 3 saturated carbocycles. The Morgan fingerprint density at radius 3 is 2.52 bits per heavy atom. The van der Waals surface area contributed by atoms with Gasteiger partial charge in [-0.1, -0.05) is 25.8 Å². The highest BCUT2D eigenvalue weighted by Crippen LogP contribution is 2.66. The Morgan fingerprint density at radius 2 is 1.84 bits per heavy atom. The van der Waals surface area contributed by atoms with E-state index in [2.05, 4.69) is 18.9 Å². The van der Waals surface area contributed by atoms with E-state index in [1.807, 2.05) is 6.92 Å². The second-order valence-corrected chi connectivity index (χ2v) is 9.36. The number of terminal acetylenes is 1. The summed E-state index contributed by atoms with van der Waals surface area (Å²) in [5.74, 6) is 3.46. The molecule has 0 unspecified atom stereocenters. The zero-order valence-electron chi connectivity index (χ0n) is 15.2. The van der Waals surface area contributed by atoms with Crippen LogP contribution in [0.1, 0.15) is 52.4 Å². The fraction of sp³-hybridized carbons (Fsp3) is 0.810. The van der Waals surface area contributed by atoms with Crippen molar-refractivity contribution in [3.8, 4) is 12.3 Å². The molecule has 4 aliphatic carbocycles. The van der Waals surface area contributed by atoms with Gasteiger partial charge < -0.3 is 20.4 Å². The standard InChI is InChI=1S/C21H30O4/c1-4-21(25)17(23)11-15-12-5-6-14-18(24)16(22)8-9-19(14,2)13(12)7-10-20(15,21)3/h1,6,12-13,15-18,22-25H,5,7-11H2,2-3H3/t12-,13+,15+,16+,17-,18-,19-,20+,21+/m1/s1. The molecule has 138 valence electrons. The second-order valence-electron chi connectivity index (χ2n) is 9.36. The summed E-state index contributed by atoms with van der Waals surface area (Å²) in [6, 6.07) is 0. The molecule has 0 amide bonds. The average molecular weight is 346 g/mol. The number of aliphatic hydroxyl groups is 4. The van der Waals surface area contributed by atoms with E-state index in [1.54, 1.807) is 0 Å². The Balaban J connectivity index is 1.73. The van der Waals surface area contributed by atoms with Crippen molar-refractivity contribution in [3.63, 3.8) is 0 Å². The normalized spacial score (nSPS) is 57.7. The van der Waals surface area contributed by atoms with E-state index in [4.69, 9.17) is 6.42 Å². The number of hydrogen-bond acceptors (Lipinski definition) is 4. The average Bonchev–Trinajstić information content (AvgIpc) is 2.79. The molecule has 0 spiro atoms. The van der Waals surface area contributed by atoms with Gasteiger partial charge in [-0.2, -0.15) is 0 Å². The number of hydrogen-bond donors (Lipinski definition) is 4. The first-order valence-electron chi connectivity index (χ1n) is 9.64. The topological polar surface area (TPSA) is 80.9 Å². The molecule has 3 fully saturated rings. The third kappa shape index (κ3) is 1.99. The zero-order valence-corrected chi connectivity index (χ0v) is 15.2. The third-order valence-electron chi connectivity index (χ3n) is 8.61. The molecule has 4 nitrogen and oxygen atoms in total. The maximum absolute atomic E-state index is 11.0. The quantitative estimate of drug-likeness (QED) is 0.397. The Hall–Kier alpha value is -0.860. The van der Waals surface area contributed by atoms with E-state index in [1.165, 1.54) is 0 Å². The zero-order chi connectivity index (χ0) is 18.2. The van der Waals surface area contributed by atoms with Gasteiger partial charge >= 0.3 is 0 Å². The highest BCUT2D eigenvalue weighted by Gasteiger charge is 2.67. The largest absolute Gasteiger partial charge is 0.390 e. The molecular formula is C21H30O4. The van der Waals surface area contributed by atoms with Gasteiger partial charge in [0.2, 0.25) is 0 Å². The molecule has 4 N–H and O–H groups in total. The van der Waals surface area contributed by atoms with Crippen LogP contribution in [-0.2, 0) is 0 Å². The minimum atomic E-state index is -1.45. The lowest BCUT2D eigenvalue weighted by atomic mass is 9.46. The maximum atomic E-state index is 11.0. The van der Waals surface area contributed by atoms with Gasteiger partial charge in [0.15, 0.2) is 5.60 Å². The third-order valence-corrected chi connectivity index (χ3v) is 8.61. The Bertz CT molecular complexity index is 651. The van der Waals surface area contributed by atoms with Gasteiger partial charge in [0.1, 0.15) is 6.10 Å². The predicted molar refractivity (Wildman–Crippen MR) is 94.3 cm³/mol. The smallest absolute Gasteiger partial charge is 0.156 e. The second kappa shape index (κ2) is 5.33. The van der Waals surface area contributed by atoms with Gasteiger partial charge in [0.25, 0.3) is 0 Å². The van der Waals surface area contributed by atoms with Crippen molar-refractivity contribution < 1.29 is 20.4 Å². The molecule has 0 aromatic rings. The van der Waals surface area contributed by atoms with Gasteiger partial charge in [0.05, 0.1) is 12.2 Å². The summed E-state index contributed by atoms with van der Waals surface area (Å²) in [6.45, 7) is 4.27. The van der Waals surface area contributed by atoms with Crippen molar-refractivity contribution >= 4 is 0 Å². The van der Waals surface area contributed by atoms with Crippen LogP contribution >= 0.6 is 0 Å². The van der Waals surface area contributed by atoms with Gasteiger partial charge in [-0.15, -0.1) is 6.42 Å². The number of aliphatic hydroxyl groups excluding tert-OH is 3. The van der Waals surface area contributed by atoms with Crippen molar-refractivity contribution in [1.29, 1.82) is 0 Å². The monoisotopic (exact) mass is 346 g/mol. The summed E-state index contributed by atoms with van der Waals surface area (Å²) in [4.78, 5) is 0. The molecular weight excluding hydrogens is 316 g/mol. The lowest BCUT2D eigenvalue weighted by Crippen LogP contribution is -2.57. The minimum Gasteiger partial charge on any atom is -0.390 e. The molecule has 4 aliphatic rings. The highest BCUT2D eigenvalue weighted by atomic mass is 16.3. The van der Waals surface area contributed by atoms with Crippen LogP contribution in [0.25, 0.3) is 0 Å². The van der Waals surface area contributed by atoms with Crippen molar-refractivity contribution in [1.82, 2.24) is 0 Å². The van der Waals surface area contributed by atoms with Crippen LogP contribution in [0.4, 0.5) is 0 Å². The first kappa shape index (κ1) is 17.5. The van der Waals surface area contributed by atoms with Crippen LogP contribution in [0, 0.1) is 40.9 Å². The van der Waals surface area contributed by atoms with Gasteiger partial charge in [-0.25, -0.2) is 0 Å². The van der Waals surface area contributed by atoms with E-state index in [0.717, 1.165) is 31.3 Å². The van der Waals surface area contributed by atoms with Crippen molar-refractivity contribution in [2.75, 3.05) is 0 Å². The molecule has 0 bridgehead atoms. The summed E-state index contributed by atoms with van der Waals surface area (Å²) in [7, 11) is 0. The molecule has 0 aliphatic heterocycles. The van der Waals surface area contributed by atoms with Gasteiger partial charge in [0, 0.05) is 5.41 Å². The van der Waals surface area contributed by atoms with Crippen molar-refractivity contribution in [2.45, 2.75) is 76.3 Å². The van der Waals surface area contributed by atoms with Crippen LogP contribution in [0.5, 0.6) is 0 Å². The van der Waals surface area contributed by atoms with Crippen molar-refractivity contribution in [2.24, 2.45) is 28.6 Å². The van der Waals surface area contributed by atoms with Crippen LogP contribution < -0.4 is 0 Å². The summed E-state index contributed by atoms with van der Waals surface area (Å²) >= 11 is 0. The van der Waals surface area contributed by atoms with E-state index in [0.29, 0.717) is 24.7 Å². The first-order valence-corrected chi connectivity index (χ1v) is 9.64. The predicted octanol–water partition coefficient (Wildman–Crippen LogP) is 1.62. The summed E-state index contributed by atoms with van der Waals surface area (Å²) in [5, 5.41) is 42.1. The molecule has 4 rings (SSSR count). The Morgan fingerprint density at radius 1 is 1.12 bits per heavy atom. The van der Waals surface area contributed by atoms with Gasteiger partial charge in [-0.05, 0) is 67.3 Å². The summed E-state index contributed by atoms with van der Waals surface area (Å²) < 4.78 is 0. The SMILES string of the molecule is C#C[C@]1(O)[C@H](O)C[C@H]2[C@@H]3CC=C4[C@@H](O)[C@@H](O)CC[C@]4(C)[C@H]3CC[C@@]21C. The van der Waals surface area contributed by atoms with Gasteiger partial charge in [-0.3, -0.25) is 0 Å². The van der Waals surface area contributed by atoms with Crippen LogP contribution in [0.3, 0.4) is 0 Å². The Labute approximate surface area is 150 Å². The van der Waals surface area contributed by atoms with E-state index in [9.17, 15) is 20.4 Å². The fourth-order valence-corrected chi connectivity index (χ4v) is 7.00. The first-order chi connectivity index (χ1) is 11.7. The molecule has 0 saturated heterocycles. The lowest BCUT2D eigenvalue weighted by molar-refractivity contribution is -0.123. The molecule has 0 heterocycles. The van der Waals surface area contributed by atoms with Crippen LogP contribution in [0.2, 0.25) is 0 Å². The van der Waals surface area contributed by atoms with Crippen LogP contribution in [0.15, 0.2) is 11.6 Å². The minimum absolute atomic E-state index is 0.106. The molecule has 0 aromatic heterocycles. The molecule has 0 radical (unpaired) electrons. The van der Waals surface area contributed by atoms with E-state index in [-0.39, 0.29) is 11.3 Å². The van der Waals surface area contributed by atoms with Crippen LogP contribution in [-0.4, -0.2) is 44.3 Å². The number of allylic oxidation sites excluding steroid dienone is 1. The number of fused-ring (bicyclic) bond motifs is 5. The maximum Gasteiger partial charge on any atom is 0.156 e. The lowest BCUT2D eigenvalue weighted by Gasteiger charge is -2.58. The molecule has 9 atom stereocenters. The summed E-state index contributed by atoms with van der Waals surface area (Å²) in [6.07, 6.45) is 10.1. The van der Waals surface area contributed by atoms with E-state index < -0.39 is 29.3 Å². The summed E-state index contributed by atoms with van der Waals surface area (Å²) in [5.41, 5.74) is -1.01. The molecule has 25 heavy (non-hydrogen) atoms. The fourth-order valence-electron chi connectivity index (χ4n) is 7.00. The molecule has 0 aromatic carbocycles. The van der Waals surface area contributed by atoms with E-state index >= 15 is 0 Å². The highest BCUT2D eigenvalue weighted by molar-refractivity contribution is 5.32. The Kier molecular flexibility index (Phi) is 3.74. The van der Waals surface area contributed by atoms with Crippen molar-refractivity contribution in [3.05, 3.63) is 11.6 Å². The molecule has 4 heteroatoms. The number of rotatable bonds is 0.